The third kappa shape index (κ3) is 3.73. The van der Waals surface area contributed by atoms with E-state index in [0.717, 1.165) is 9.13 Å². The molecule has 20 heavy (non-hydrogen) atoms. The molecule has 2 aromatic rings. The van der Waals surface area contributed by atoms with Gasteiger partial charge in [-0.05, 0) is 46.7 Å². The molecule has 7 nitrogen and oxygen atoms in total. The minimum atomic E-state index is -0.867. The molecule has 0 amide bonds. The van der Waals surface area contributed by atoms with Gasteiger partial charge >= 0.3 is 5.97 Å². The highest BCUT2D eigenvalue weighted by atomic mass is 127. The van der Waals surface area contributed by atoms with Crippen LogP contribution in [0.15, 0.2) is 24.3 Å². The molecule has 2 unspecified atom stereocenters. The van der Waals surface area contributed by atoms with E-state index in [2.05, 4.69) is 43.2 Å². The normalized spacial score (nSPS) is 13.9. The zero-order valence-electron chi connectivity index (χ0n) is 10.5. The Balaban J connectivity index is 2.21. The summed E-state index contributed by atoms with van der Waals surface area (Å²) in [5.41, 5.74) is 7.17. The second-order valence-corrected chi connectivity index (χ2v) is 5.63. The maximum absolute atomic E-state index is 10.8. The summed E-state index contributed by atoms with van der Waals surface area (Å²) < 4.78 is 1.11. The lowest BCUT2D eigenvalue weighted by Crippen LogP contribution is -2.22. The van der Waals surface area contributed by atoms with Crippen LogP contribution in [0.4, 0.5) is 0 Å². The van der Waals surface area contributed by atoms with Gasteiger partial charge in [0.1, 0.15) is 0 Å². The van der Waals surface area contributed by atoms with E-state index in [-0.39, 0.29) is 18.4 Å². The predicted octanol–water partition coefficient (Wildman–Crippen LogP) is 1.45. The van der Waals surface area contributed by atoms with Crippen LogP contribution in [0.25, 0.3) is 0 Å². The number of aromatic nitrogens is 4. The number of nitrogens with one attached hydrogen (secondary N) is 1. The zero-order chi connectivity index (χ0) is 14.5. The molecule has 2 rings (SSSR count). The van der Waals surface area contributed by atoms with Crippen molar-refractivity contribution in [1.82, 2.24) is 20.6 Å². The summed E-state index contributed by atoms with van der Waals surface area (Å²) >= 11 is 2.21. The van der Waals surface area contributed by atoms with E-state index in [4.69, 9.17) is 10.8 Å². The van der Waals surface area contributed by atoms with E-state index < -0.39 is 5.97 Å². The average molecular weight is 387 g/mol. The van der Waals surface area contributed by atoms with Crippen LogP contribution in [-0.4, -0.2) is 31.7 Å². The smallest absolute Gasteiger partial charge is 0.303 e. The van der Waals surface area contributed by atoms with Crippen molar-refractivity contribution < 1.29 is 9.90 Å². The minimum Gasteiger partial charge on any atom is -0.481 e. The third-order valence-corrected chi connectivity index (χ3v) is 3.77. The lowest BCUT2D eigenvalue weighted by Gasteiger charge is -2.20. The highest BCUT2D eigenvalue weighted by molar-refractivity contribution is 14.1. The molecule has 0 saturated carbocycles. The van der Waals surface area contributed by atoms with Gasteiger partial charge in [0.05, 0.1) is 0 Å². The fourth-order valence-corrected chi connectivity index (χ4v) is 2.35. The monoisotopic (exact) mass is 387 g/mol. The largest absolute Gasteiger partial charge is 0.481 e. The molecule has 8 heteroatoms. The SMILES string of the molecule is NC(c1ccc(I)cc1)C(CCC(=O)O)c1nn[nH]n1. The molecule has 0 bridgehead atoms. The van der Waals surface area contributed by atoms with Gasteiger partial charge in [0, 0.05) is 22.0 Å². The number of H-pyrrole nitrogens is 1. The van der Waals surface area contributed by atoms with Gasteiger partial charge in [-0.25, -0.2) is 0 Å². The highest BCUT2D eigenvalue weighted by Gasteiger charge is 2.25. The van der Waals surface area contributed by atoms with Crippen molar-refractivity contribution in [3.05, 3.63) is 39.2 Å². The van der Waals surface area contributed by atoms with Crippen LogP contribution in [0.2, 0.25) is 0 Å². The Bertz CT molecular complexity index is 558. The summed E-state index contributed by atoms with van der Waals surface area (Å²) in [4.78, 5) is 10.8. The van der Waals surface area contributed by atoms with Crippen LogP contribution >= 0.6 is 22.6 Å². The molecule has 1 aromatic heterocycles. The number of nitrogens with zero attached hydrogens (tertiary/aromatic N) is 3. The van der Waals surface area contributed by atoms with Crippen LogP contribution < -0.4 is 5.73 Å². The first-order valence-electron chi connectivity index (χ1n) is 6.04. The van der Waals surface area contributed by atoms with Crippen molar-refractivity contribution >= 4 is 28.6 Å². The Labute approximate surface area is 129 Å². The standard InChI is InChI=1S/C12H14IN5O2/c13-8-3-1-7(2-4-8)11(14)9(5-6-10(19)20)12-15-17-18-16-12/h1-4,9,11H,5-6,14H2,(H,19,20)(H,15,16,17,18). The van der Waals surface area contributed by atoms with Crippen LogP contribution in [0.1, 0.15) is 36.2 Å². The van der Waals surface area contributed by atoms with E-state index in [9.17, 15) is 4.79 Å². The van der Waals surface area contributed by atoms with Gasteiger partial charge < -0.3 is 10.8 Å². The summed E-state index contributed by atoms with van der Waals surface area (Å²) in [6.07, 6.45) is 0.374. The first-order valence-corrected chi connectivity index (χ1v) is 7.12. The van der Waals surface area contributed by atoms with Gasteiger partial charge in [-0.1, -0.05) is 17.3 Å². The van der Waals surface area contributed by atoms with Gasteiger partial charge in [0.15, 0.2) is 5.82 Å². The Kier molecular flexibility index (Phi) is 5.01. The van der Waals surface area contributed by atoms with Gasteiger partial charge in [-0.15, -0.1) is 10.2 Å². The molecule has 0 radical (unpaired) electrons. The van der Waals surface area contributed by atoms with Gasteiger partial charge in [0.2, 0.25) is 0 Å². The molecule has 106 valence electrons. The maximum Gasteiger partial charge on any atom is 0.303 e. The van der Waals surface area contributed by atoms with Gasteiger partial charge in [0.25, 0.3) is 0 Å². The summed E-state index contributed by atoms with van der Waals surface area (Å²) in [7, 11) is 0. The molecular formula is C12H14IN5O2. The number of aliphatic carboxylic acids is 1. The molecule has 0 aliphatic rings. The van der Waals surface area contributed by atoms with Gasteiger partial charge in [-0.2, -0.15) is 5.21 Å². The fourth-order valence-electron chi connectivity index (χ4n) is 1.99. The van der Waals surface area contributed by atoms with Crippen molar-refractivity contribution in [1.29, 1.82) is 0 Å². The minimum absolute atomic E-state index is 0.0112. The van der Waals surface area contributed by atoms with E-state index in [1.54, 1.807) is 0 Å². The third-order valence-electron chi connectivity index (χ3n) is 3.05. The first kappa shape index (κ1) is 14.9. The molecule has 0 aliphatic carbocycles. The molecule has 0 aliphatic heterocycles. The Morgan fingerprint density at radius 1 is 1.40 bits per heavy atom. The number of nitrogens with two attached hydrogens (primary N) is 1. The molecule has 1 aromatic carbocycles. The molecule has 2 atom stereocenters. The van der Waals surface area contributed by atoms with Crippen molar-refractivity contribution in [3.63, 3.8) is 0 Å². The van der Waals surface area contributed by atoms with Crippen LogP contribution in [0.5, 0.6) is 0 Å². The van der Waals surface area contributed by atoms with Crippen LogP contribution in [0.3, 0.4) is 0 Å². The summed E-state index contributed by atoms with van der Waals surface area (Å²) in [5, 5.41) is 22.6. The van der Waals surface area contributed by atoms with E-state index in [1.165, 1.54) is 0 Å². The van der Waals surface area contributed by atoms with Crippen molar-refractivity contribution in [2.24, 2.45) is 5.73 Å². The molecule has 4 N–H and O–H groups in total. The average Bonchev–Trinajstić information content (AvgIpc) is 2.93. The molecule has 1 heterocycles. The van der Waals surface area contributed by atoms with Crippen LogP contribution in [0, 0.1) is 3.57 Å². The Hall–Kier alpha value is -1.55. The highest BCUT2D eigenvalue weighted by Crippen LogP contribution is 2.30. The second kappa shape index (κ2) is 6.75. The number of benzene rings is 1. The number of hydrogen-bond donors (Lipinski definition) is 3. The van der Waals surface area contributed by atoms with E-state index >= 15 is 0 Å². The van der Waals surface area contributed by atoms with Crippen molar-refractivity contribution in [2.75, 3.05) is 0 Å². The number of tetrazole rings is 1. The number of halogens is 1. The van der Waals surface area contributed by atoms with Crippen molar-refractivity contribution in [2.45, 2.75) is 24.8 Å². The number of carbonyl (C=O) groups is 1. The molecule has 0 spiro atoms. The van der Waals surface area contributed by atoms with Crippen LogP contribution in [-0.2, 0) is 4.79 Å². The summed E-state index contributed by atoms with van der Waals surface area (Å²) in [6.45, 7) is 0. The zero-order valence-corrected chi connectivity index (χ0v) is 12.7. The predicted molar refractivity (Wildman–Crippen MR) is 79.9 cm³/mol. The Morgan fingerprint density at radius 2 is 2.10 bits per heavy atom. The summed E-state index contributed by atoms with van der Waals surface area (Å²) in [5.74, 6) is -0.712. The maximum atomic E-state index is 10.8. The molecule has 0 fully saturated rings. The van der Waals surface area contributed by atoms with Gasteiger partial charge in [-0.3, -0.25) is 4.79 Å². The number of carboxylic acids is 1. The first-order chi connectivity index (χ1) is 9.58. The number of aromatic amines is 1. The second-order valence-electron chi connectivity index (χ2n) is 4.39. The lowest BCUT2D eigenvalue weighted by molar-refractivity contribution is -0.137. The molecular weight excluding hydrogens is 373 g/mol. The fraction of sp³-hybridized carbons (Fsp3) is 0.333. The van der Waals surface area contributed by atoms with Crippen molar-refractivity contribution in [3.8, 4) is 0 Å². The van der Waals surface area contributed by atoms with E-state index in [0.29, 0.717) is 12.2 Å². The topological polar surface area (TPSA) is 118 Å². The lowest BCUT2D eigenvalue weighted by atomic mass is 9.89. The number of rotatable bonds is 6. The molecule has 0 saturated heterocycles. The van der Waals surface area contributed by atoms with E-state index in [1.807, 2.05) is 24.3 Å². The number of hydrogen-bond acceptors (Lipinski definition) is 5. The summed E-state index contributed by atoms with van der Waals surface area (Å²) in [6, 6.07) is 7.41. The quantitative estimate of drug-likeness (QED) is 0.646. The Morgan fingerprint density at radius 3 is 2.65 bits per heavy atom. The number of carboxylic acid groups (broad SMARTS) is 1.